The van der Waals surface area contributed by atoms with Gasteiger partial charge in [0.05, 0.1) is 15.5 Å². The van der Waals surface area contributed by atoms with Gasteiger partial charge in [0, 0.05) is 37.6 Å². The second-order valence-corrected chi connectivity index (χ2v) is 10.1. The van der Waals surface area contributed by atoms with E-state index in [2.05, 4.69) is 10.2 Å². The van der Waals surface area contributed by atoms with Gasteiger partial charge in [-0.2, -0.15) is 4.31 Å². The minimum atomic E-state index is -3.82. The Morgan fingerprint density at radius 1 is 0.970 bits per heavy atom. The molecule has 1 N–H and O–H groups in total. The molecule has 0 aromatic heterocycles. The lowest BCUT2D eigenvalue weighted by molar-refractivity contribution is 0.102. The van der Waals surface area contributed by atoms with Crippen LogP contribution in [0, 0.1) is 12.7 Å². The van der Waals surface area contributed by atoms with E-state index in [1.165, 1.54) is 34.6 Å². The minimum Gasteiger partial charge on any atom is -0.369 e. The van der Waals surface area contributed by atoms with Crippen molar-refractivity contribution in [2.24, 2.45) is 0 Å². The van der Waals surface area contributed by atoms with Crippen LogP contribution in [-0.4, -0.2) is 44.8 Å². The third kappa shape index (κ3) is 5.03. The zero-order valence-electron chi connectivity index (χ0n) is 18.0. The summed E-state index contributed by atoms with van der Waals surface area (Å²) in [6.07, 6.45) is 0. The fourth-order valence-corrected chi connectivity index (χ4v) is 5.38. The normalized spacial score (nSPS) is 14.8. The zero-order valence-corrected chi connectivity index (χ0v) is 19.5. The van der Waals surface area contributed by atoms with Gasteiger partial charge in [-0.05, 0) is 55.0 Å². The first-order valence-electron chi connectivity index (χ1n) is 10.4. The van der Waals surface area contributed by atoms with Crippen LogP contribution in [-0.2, 0) is 10.0 Å². The molecule has 1 fully saturated rings. The van der Waals surface area contributed by atoms with E-state index >= 15 is 0 Å². The van der Waals surface area contributed by atoms with Crippen molar-refractivity contribution in [3.63, 3.8) is 0 Å². The van der Waals surface area contributed by atoms with Gasteiger partial charge < -0.3 is 10.2 Å². The highest BCUT2D eigenvalue weighted by Gasteiger charge is 2.29. The highest BCUT2D eigenvalue weighted by Crippen LogP contribution is 2.26. The summed E-state index contributed by atoms with van der Waals surface area (Å²) < 4.78 is 41.5. The van der Waals surface area contributed by atoms with Crippen LogP contribution in [0.25, 0.3) is 0 Å². The largest absolute Gasteiger partial charge is 0.369 e. The van der Waals surface area contributed by atoms with E-state index in [0.29, 0.717) is 37.4 Å². The molecule has 1 amide bonds. The molecule has 9 heteroatoms. The molecule has 4 rings (SSSR count). The van der Waals surface area contributed by atoms with E-state index in [1.54, 1.807) is 13.0 Å². The monoisotopic (exact) mass is 487 g/mol. The number of piperazine rings is 1. The Labute approximate surface area is 197 Å². The van der Waals surface area contributed by atoms with E-state index in [4.69, 9.17) is 11.6 Å². The molecule has 172 valence electrons. The lowest BCUT2D eigenvalue weighted by Crippen LogP contribution is -2.48. The van der Waals surface area contributed by atoms with Crippen molar-refractivity contribution in [1.82, 2.24) is 4.31 Å². The summed E-state index contributed by atoms with van der Waals surface area (Å²) in [5.41, 5.74) is 2.01. The molecule has 3 aromatic rings. The van der Waals surface area contributed by atoms with Gasteiger partial charge in [-0.25, -0.2) is 12.8 Å². The van der Waals surface area contributed by atoms with E-state index in [1.807, 2.05) is 30.3 Å². The van der Waals surface area contributed by atoms with Crippen molar-refractivity contribution in [3.8, 4) is 0 Å². The number of nitrogens with one attached hydrogen (secondary N) is 1. The number of anilines is 2. The number of sulfonamides is 1. The Bertz CT molecular complexity index is 1280. The van der Waals surface area contributed by atoms with Gasteiger partial charge in [0.15, 0.2) is 0 Å². The van der Waals surface area contributed by atoms with Gasteiger partial charge in [-0.15, -0.1) is 0 Å². The van der Waals surface area contributed by atoms with Crippen LogP contribution < -0.4 is 10.2 Å². The molecule has 1 aliphatic rings. The van der Waals surface area contributed by atoms with Crippen LogP contribution in [0.1, 0.15) is 15.9 Å². The van der Waals surface area contributed by atoms with E-state index < -0.39 is 21.7 Å². The number of carbonyl (C=O) groups is 1. The van der Waals surface area contributed by atoms with Crippen LogP contribution in [0.2, 0.25) is 5.02 Å². The number of aryl methyl sites for hydroxylation is 1. The Kier molecular flexibility index (Phi) is 6.69. The average Bonchev–Trinajstić information content (AvgIpc) is 2.82. The Morgan fingerprint density at radius 3 is 2.36 bits per heavy atom. The molecule has 0 radical (unpaired) electrons. The molecule has 0 saturated carbocycles. The number of amides is 1. The lowest BCUT2D eigenvalue weighted by atomic mass is 10.1. The van der Waals surface area contributed by atoms with Gasteiger partial charge in [0.25, 0.3) is 5.91 Å². The molecular weight excluding hydrogens is 465 g/mol. The molecule has 1 aliphatic heterocycles. The Balaban J connectivity index is 1.53. The van der Waals surface area contributed by atoms with E-state index in [0.717, 1.165) is 5.69 Å². The van der Waals surface area contributed by atoms with Gasteiger partial charge >= 0.3 is 0 Å². The van der Waals surface area contributed by atoms with Crippen LogP contribution in [0.5, 0.6) is 0 Å². The molecule has 33 heavy (non-hydrogen) atoms. The summed E-state index contributed by atoms with van der Waals surface area (Å²) in [4.78, 5) is 14.9. The molecule has 0 spiro atoms. The number of nitrogens with zero attached hydrogens (tertiary/aromatic N) is 2. The molecule has 6 nitrogen and oxygen atoms in total. The summed E-state index contributed by atoms with van der Waals surface area (Å²) in [6.45, 7) is 3.49. The van der Waals surface area contributed by atoms with Gasteiger partial charge in [-0.1, -0.05) is 35.9 Å². The predicted molar refractivity (Wildman–Crippen MR) is 128 cm³/mol. The fraction of sp³-hybridized carbons (Fsp3) is 0.208. The van der Waals surface area contributed by atoms with Gasteiger partial charge in [0.2, 0.25) is 10.0 Å². The zero-order chi connectivity index (χ0) is 23.6. The third-order valence-electron chi connectivity index (χ3n) is 5.63. The number of carbonyl (C=O) groups excluding carboxylic acids is 1. The summed E-state index contributed by atoms with van der Waals surface area (Å²) in [5, 5.41) is 2.72. The molecule has 0 unspecified atom stereocenters. The number of halogens is 2. The van der Waals surface area contributed by atoms with E-state index in [9.17, 15) is 17.6 Å². The van der Waals surface area contributed by atoms with Crippen LogP contribution in [0.4, 0.5) is 15.8 Å². The Hall–Kier alpha value is -2.94. The number of hydrogen-bond donors (Lipinski definition) is 1. The minimum absolute atomic E-state index is 0.00400. The molecule has 3 aromatic carbocycles. The summed E-state index contributed by atoms with van der Waals surface area (Å²) in [7, 11) is -3.82. The molecular formula is C24H23ClFN3O3S. The third-order valence-corrected chi connectivity index (χ3v) is 7.85. The molecule has 1 saturated heterocycles. The number of para-hydroxylation sites is 1. The van der Waals surface area contributed by atoms with Gasteiger partial charge in [-0.3, -0.25) is 4.79 Å². The fourth-order valence-electron chi connectivity index (χ4n) is 3.73. The second kappa shape index (κ2) is 9.51. The molecule has 0 aliphatic carbocycles. The highest BCUT2D eigenvalue weighted by molar-refractivity contribution is 7.89. The number of rotatable bonds is 5. The summed E-state index contributed by atoms with van der Waals surface area (Å²) >= 11 is 6.20. The van der Waals surface area contributed by atoms with Crippen molar-refractivity contribution in [3.05, 3.63) is 88.7 Å². The first-order valence-corrected chi connectivity index (χ1v) is 12.2. The van der Waals surface area contributed by atoms with Crippen LogP contribution in [0.15, 0.2) is 71.6 Å². The van der Waals surface area contributed by atoms with E-state index in [-0.39, 0.29) is 15.5 Å². The summed E-state index contributed by atoms with van der Waals surface area (Å²) in [5.74, 6) is -1.10. The van der Waals surface area contributed by atoms with Gasteiger partial charge in [0.1, 0.15) is 5.82 Å². The Morgan fingerprint density at radius 2 is 1.67 bits per heavy atom. The summed E-state index contributed by atoms with van der Waals surface area (Å²) in [6, 6.07) is 17.9. The van der Waals surface area contributed by atoms with Crippen LogP contribution in [0.3, 0.4) is 0 Å². The highest BCUT2D eigenvalue weighted by atomic mass is 35.5. The maximum absolute atomic E-state index is 13.6. The maximum Gasteiger partial charge on any atom is 0.257 e. The predicted octanol–water partition coefficient (Wildman–Crippen LogP) is 4.55. The van der Waals surface area contributed by atoms with Crippen molar-refractivity contribution >= 4 is 38.9 Å². The lowest BCUT2D eigenvalue weighted by Gasteiger charge is -2.35. The van der Waals surface area contributed by atoms with Crippen molar-refractivity contribution in [2.75, 3.05) is 36.4 Å². The van der Waals surface area contributed by atoms with Crippen molar-refractivity contribution < 1.29 is 17.6 Å². The average molecular weight is 488 g/mol. The second-order valence-electron chi connectivity index (χ2n) is 7.78. The number of benzene rings is 3. The first-order chi connectivity index (χ1) is 15.8. The standard InChI is InChI=1S/C24H23ClFN3O3S/c1-17-7-8-18(26)15-23(17)27-24(30)21-16-20(9-10-22(21)25)33(31,32)29-13-11-28(12-14-29)19-5-3-2-4-6-19/h2-10,15-16H,11-14H2,1H3,(H,27,30). The SMILES string of the molecule is Cc1ccc(F)cc1NC(=O)c1cc(S(=O)(=O)N2CCN(c3ccccc3)CC2)ccc1Cl. The molecule has 1 heterocycles. The topological polar surface area (TPSA) is 69.7 Å². The maximum atomic E-state index is 13.6. The molecule has 0 atom stereocenters. The molecule has 0 bridgehead atoms. The van der Waals surface area contributed by atoms with Crippen molar-refractivity contribution in [1.29, 1.82) is 0 Å². The quantitative estimate of drug-likeness (QED) is 0.573. The first kappa shape index (κ1) is 23.2. The smallest absolute Gasteiger partial charge is 0.257 e. The van der Waals surface area contributed by atoms with Crippen molar-refractivity contribution in [2.45, 2.75) is 11.8 Å². The number of hydrogen-bond acceptors (Lipinski definition) is 4. The van der Waals surface area contributed by atoms with Crippen LogP contribution >= 0.6 is 11.6 Å².